The van der Waals surface area contributed by atoms with Gasteiger partial charge >= 0.3 is 0 Å². The number of hydrogen-bond donors (Lipinski definition) is 2. The van der Waals surface area contributed by atoms with Crippen molar-refractivity contribution in [2.24, 2.45) is 0 Å². The molecule has 2 aromatic carbocycles. The number of nitrogens with two attached hydrogens (primary N) is 1. The molecule has 2 aromatic rings. The van der Waals surface area contributed by atoms with Crippen LogP contribution < -0.4 is 11.1 Å². The Hall–Kier alpha value is -2.32. The Morgan fingerprint density at radius 3 is 2.60 bits per heavy atom. The maximum atomic E-state index is 11.3. The third-order valence-electron chi connectivity index (χ3n) is 2.81. The predicted molar refractivity (Wildman–Crippen MR) is 83.0 cm³/mol. The van der Waals surface area contributed by atoms with E-state index in [1.54, 1.807) is 36.4 Å². The van der Waals surface area contributed by atoms with Crippen molar-refractivity contribution in [1.82, 2.24) is 0 Å². The van der Waals surface area contributed by atoms with Crippen LogP contribution in [0.2, 0.25) is 0 Å². The summed E-state index contributed by atoms with van der Waals surface area (Å²) >= 11 is 3.40. The average molecular weight is 330 g/mol. The number of nitrogens with one attached hydrogen (secondary N) is 1. The van der Waals surface area contributed by atoms with E-state index in [1.807, 2.05) is 0 Å². The zero-order valence-electron chi connectivity index (χ0n) is 10.8. The number of rotatable bonds is 3. The van der Waals surface area contributed by atoms with Gasteiger partial charge in [-0.3, -0.25) is 4.79 Å². The molecule has 0 heterocycles. The molecule has 100 valence electrons. The number of carbonyl (C=O) groups excluding carboxylic acids is 1. The van der Waals surface area contributed by atoms with Gasteiger partial charge in [-0.25, -0.2) is 0 Å². The second-order valence-corrected chi connectivity index (χ2v) is 5.14. The fourth-order valence-corrected chi connectivity index (χ4v) is 2.28. The zero-order chi connectivity index (χ0) is 14.7. The van der Waals surface area contributed by atoms with E-state index in [0.29, 0.717) is 16.8 Å². The van der Waals surface area contributed by atoms with Crippen molar-refractivity contribution in [2.75, 3.05) is 11.1 Å². The number of ketones is 1. The summed E-state index contributed by atoms with van der Waals surface area (Å²) in [5.74, 6) is -0.0615. The van der Waals surface area contributed by atoms with Gasteiger partial charge in [0, 0.05) is 21.4 Å². The summed E-state index contributed by atoms with van der Waals surface area (Å²) in [5, 5.41) is 12.0. The SMILES string of the molecule is CC(=O)c1ccc(Nc2ccc(C#N)cc2Br)cc1N. The summed E-state index contributed by atoms with van der Waals surface area (Å²) in [6.45, 7) is 1.48. The second-order valence-electron chi connectivity index (χ2n) is 4.29. The molecule has 0 radical (unpaired) electrons. The van der Waals surface area contributed by atoms with Crippen molar-refractivity contribution in [3.63, 3.8) is 0 Å². The van der Waals surface area contributed by atoms with Crippen LogP contribution in [-0.2, 0) is 0 Å². The number of anilines is 3. The van der Waals surface area contributed by atoms with Crippen LogP contribution >= 0.6 is 15.9 Å². The molecular formula is C15H12BrN3O. The Morgan fingerprint density at radius 1 is 1.30 bits per heavy atom. The van der Waals surface area contributed by atoms with Gasteiger partial charge in [-0.2, -0.15) is 5.26 Å². The third kappa shape index (κ3) is 2.98. The molecular weight excluding hydrogens is 318 g/mol. The van der Waals surface area contributed by atoms with Crippen LogP contribution in [0.4, 0.5) is 17.1 Å². The van der Waals surface area contributed by atoms with Crippen LogP contribution in [-0.4, -0.2) is 5.78 Å². The molecule has 5 heteroatoms. The summed E-state index contributed by atoms with van der Waals surface area (Å²) in [6.07, 6.45) is 0. The summed E-state index contributed by atoms with van der Waals surface area (Å²) < 4.78 is 0.783. The molecule has 20 heavy (non-hydrogen) atoms. The molecule has 0 atom stereocenters. The van der Waals surface area contributed by atoms with Gasteiger partial charge in [-0.05, 0) is 59.3 Å². The van der Waals surface area contributed by atoms with Gasteiger partial charge in [0.2, 0.25) is 0 Å². The lowest BCUT2D eigenvalue weighted by atomic mass is 10.1. The Bertz CT molecular complexity index is 720. The number of Topliss-reactive ketones (excluding diaryl/α,β-unsaturated/α-hetero) is 1. The smallest absolute Gasteiger partial charge is 0.161 e. The Labute approximate surface area is 125 Å². The summed E-state index contributed by atoms with van der Waals surface area (Å²) in [6, 6.07) is 12.5. The van der Waals surface area contributed by atoms with Crippen molar-refractivity contribution in [3.8, 4) is 6.07 Å². The maximum absolute atomic E-state index is 11.3. The van der Waals surface area contributed by atoms with Crippen molar-refractivity contribution in [1.29, 1.82) is 5.26 Å². The quantitative estimate of drug-likeness (QED) is 0.662. The molecule has 0 aliphatic heterocycles. The van der Waals surface area contributed by atoms with Crippen LogP contribution in [0, 0.1) is 11.3 Å². The van der Waals surface area contributed by atoms with E-state index in [9.17, 15) is 4.79 Å². The van der Waals surface area contributed by atoms with Crippen molar-refractivity contribution in [3.05, 3.63) is 52.0 Å². The van der Waals surface area contributed by atoms with E-state index in [1.165, 1.54) is 6.92 Å². The van der Waals surface area contributed by atoms with Crippen LogP contribution in [0.5, 0.6) is 0 Å². The fourth-order valence-electron chi connectivity index (χ4n) is 1.80. The highest BCUT2D eigenvalue weighted by Crippen LogP contribution is 2.28. The standard InChI is InChI=1S/C15H12BrN3O/c1-9(20)12-4-3-11(7-14(12)18)19-15-5-2-10(8-17)6-13(15)16/h2-7,19H,18H2,1H3. The highest BCUT2D eigenvalue weighted by atomic mass is 79.9. The first-order valence-electron chi connectivity index (χ1n) is 5.88. The lowest BCUT2D eigenvalue weighted by Gasteiger charge is -2.11. The topological polar surface area (TPSA) is 78.9 Å². The Morgan fingerprint density at radius 2 is 2.05 bits per heavy atom. The van der Waals surface area contributed by atoms with Gasteiger partial charge in [-0.15, -0.1) is 0 Å². The molecule has 2 rings (SSSR count). The lowest BCUT2D eigenvalue weighted by molar-refractivity contribution is 0.101. The number of halogens is 1. The second kappa shape index (κ2) is 5.76. The fraction of sp³-hybridized carbons (Fsp3) is 0.0667. The zero-order valence-corrected chi connectivity index (χ0v) is 12.4. The van der Waals surface area contributed by atoms with E-state index in [4.69, 9.17) is 11.0 Å². The Balaban J connectivity index is 2.29. The largest absolute Gasteiger partial charge is 0.398 e. The first-order chi connectivity index (χ1) is 9.51. The predicted octanol–water partition coefficient (Wildman–Crippen LogP) is 3.85. The van der Waals surface area contributed by atoms with E-state index in [0.717, 1.165) is 15.8 Å². The number of nitrogen functional groups attached to an aromatic ring is 1. The lowest BCUT2D eigenvalue weighted by Crippen LogP contribution is -2.01. The number of nitriles is 1. The molecule has 0 amide bonds. The molecule has 0 unspecified atom stereocenters. The van der Waals surface area contributed by atoms with Gasteiger partial charge in [0.25, 0.3) is 0 Å². The summed E-state index contributed by atoms with van der Waals surface area (Å²) in [7, 11) is 0. The highest BCUT2D eigenvalue weighted by Gasteiger charge is 2.07. The minimum atomic E-state index is -0.0615. The number of hydrogen-bond acceptors (Lipinski definition) is 4. The monoisotopic (exact) mass is 329 g/mol. The van der Waals surface area contributed by atoms with Crippen LogP contribution in [0.1, 0.15) is 22.8 Å². The van der Waals surface area contributed by atoms with E-state index in [2.05, 4.69) is 27.3 Å². The van der Waals surface area contributed by atoms with Crippen LogP contribution in [0.3, 0.4) is 0 Å². The Kier molecular flexibility index (Phi) is 4.06. The molecule has 0 aliphatic carbocycles. The van der Waals surface area contributed by atoms with Crippen molar-refractivity contribution >= 4 is 38.8 Å². The van der Waals surface area contributed by atoms with Crippen LogP contribution in [0.15, 0.2) is 40.9 Å². The third-order valence-corrected chi connectivity index (χ3v) is 3.46. The van der Waals surface area contributed by atoms with Crippen LogP contribution in [0.25, 0.3) is 0 Å². The maximum Gasteiger partial charge on any atom is 0.161 e. The van der Waals surface area contributed by atoms with E-state index >= 15 is 0 Å². The minimum Gasteiger partial charge on any atom is -0.398 e. The minimum absolute atomic E-state index is 0.0615. The first-order valence-corrected chi connectivity index (χ1v) is 6.67. The van der Waals surface area contributed by atoms with E-state index in [-0.39, 0.29) is 5.78 Å². The molecule has 0 saturated carbocycles. The van der Waals surface area contributed by atoms with E-state index < -0.39 is 0 Å². The number of carbonyl (C=O) groups is 1. The normalized spacial score (nSPS) is 9.85. The molecule has 4 nitrogen and oxygen atoms in total. The molecule has 0 saturated heterocycles. The summed E-state index contributed by atoms with van der Waals surface area (Å²) in [4.78, 5) is 11.3. The molecule has 0 fully saturated rings. The molecule has 0 bridgehead atoms. The molecule has 0 aliphatic rings. The van der Waals surface area contributed by atoms with Crippen molar-refractivity contribution < 1.29 is 4.79 Å². The highest BCUT2D eigenvalue weighted by molar-refractivity contribution is 9.10. The van der Waals surface area contributed by atoms with Gasteiger partial charge in [0.1, 0.15) is 0 Å². The first kappa shape index (κ1) is 14.1. The molecule has 3 N–H and O–H groups in total. The summed E-state index contributed by atoms with van der Waals surface area (Å²) in [5.41, 5.74) is 8.96. The van der Waals surface area contributed by atoms with Gasteiger partial charge < -0.3 is 11.1 Å². The molecule has 0 spiro atoms. The van der Waals surface area contributed by atoms with Gasteiger partial charge in [-0.1, -0.05) is 0 Å². The van der Waals surface area contributed by atoms with Crippen molar-refractivity contribution in [2.45, 2.75) is 6.92 Å². The molecule has 0 aromatic heterocycles. The number of benzene rings is 2. The van der Waals surface area contributed by atoms with Gasteiger partial charge in [0.05, 0.1) is 17.3 Å². The van der Waals surface area contributed by atoms with Gasteiger partial charge in [0.15, 0.2) is 5.78 Å². The average Bonchev–Trinajstić information content (AvgIpc) is 2.40. The number of nitrogens with zero attached hydrogens (tertiary/aromatic N) is 1.